The minimum absolute atomic E-state index is 0. The van der Waals surface area contributed by atoms with Crippen molar-refractivity contribution in [1.82, 2.24) is 10.0 Å². The summed E-state index contributed by atoms with van der Waals surface area (Å²) in [5.74, 6) is -0.927. The fourth-order valence-electron chi connectivity index (χ4n) is 2.81. The van der Waals surface area contributed by atoms with Crippen LogP contribution in [0.1, 0.15) is 36.0 Å². The number of hydrogen-bond donors (Lipinski definition) is 3. The van der Waals surface area contributed by atoms with Crippen molar-refractivity contribution in [2.24, 2.45) is 5.73 Å². The summed E-state index contributed by atoms with van der Waals surface area (Å²) in [4.78, 5) is 11.6. The molecule has 1 fully saturated rings. The zero-order valence-electron chi connectivity index (χ0n) is 13.8. The Bertz CT molecular complexity index is 718. The maximum Gasteiger partial charge on any atom is 0.405 e. The molecule has 11 heteroatoms. The summed E-state index contributed by atoms with van der Waals surface area (Å²) in [5.41, 5.74) is 4.99. The molecule has 0 unspecified atom stereocenters. The number of benzene rings is 1. The van der Waals surface area contributed by atoms with Gasteiger partial charge in [0.2, 0.25) is 10.0 Å². The zero-order valence-corrected chi connectivity index (χ0v) is 15.4. The number of nitrogens with two attached hydrogens (primary N) is 1. The van der Waals surface area contributed by atoms with E-state index >= 15 is 0 Å². The van der Waals surface area contributed by atoms with Crippen LogP contribution in [0.3, 0.4) is 0 Å². The summed E-state index contributed by atoms with van der Waals surface area (Å²) in [6, 6.07) is 4.71. The minimum Gasteiger partial charge on any atom is -0.343 e. The van der Waals surface area contributed by atoms with Crippen molar-refractivity contribution in [3.63, 3.8) is 0 Å². The molecule has 26 heavy (non-hydrogen) atoms. The first-order chi connectivity index (χ1) is 11.6. The van der Waals surface area contributed by atoms with Crippen LogP contribution in [0.25, 0.3) is 0 Å². The summed E-state index contributed by atoms with van der Waals surface area (Å²) >= 11 is 0. The van der Waals surface area contributed by atoms with E-state index in [1.54, 1.807) is 5.32 Å². The van der Waals surface area contributed by atoms with Crippen LogP contribution >= 0.6 is 12.4 Å². The molecule has 4 N–H and O–H groups in total. The van der Waals surface area contributed by atoms with Gasteiger partial charge in [-0.05, 0) is 37.1 Å². The van der Waals surface area contributed by atoms with Crippen LogP contribution in [0.5, 0.6) is 0 Å². The third-order valence-electron chi connectivity index (χ3n) is 4.18. The maximum absolute atomic E-state index is 12.5. The van der Waals surface area contributed by atoms with Gasteiger partial charge in [0.05, 0.1) is 4.90 Å². The van der Waals surface area contributed by atoms with Gasteiger partial charge in [-0.2, -0.15) is 13.2 Å². The van der Waals surface area contributed by atoms with E-state index in [0.717, 1.165) is 12.8 Å². The van der Waals surface area contributed by atoms with Crippen LogP contribution in [-0.2, 0) is 10.0 Å². The highest BCUT2D eigenvalue weighted by Gasteiger charge is 2.36. The molecule has 0 spiro atoms. The molecule has 2 rings (SSSR count). The van der Waals surface area contributed by atoms with Crippen molar-refractivity contribution >= 4 is 28.3 Å². The topological polar surface area (TPSA) is 101 Å². The number of sulfonamides is 1. The van der Waals surface area contributed by atoms with E-state index in [2.05, 4.69) is 4.72 Å². The second-order valence-electron chi connectivity index (χ2n) is 6.12. The molecule has 0 aliphatic heterocycles. The Morgan fingerprint density at radius 3 is 2.15 bits per heavy atom. The second-order valence-corrected chi connectivity index (χ2v) is 7.80. The van der Waals surface area contributed by atoms with Gasteiger partial charge in [-0.1, -0.05) is 12.8 Å². The number of nitrogens with one attached hydrogen (secondary N) is 2. The number of carbonyl (C=O) groups excluding carboxylic acids is 1. The Labute approximate surface area is 156 Å². The molecule has 1 aliphatic carbocycles. The van der Waals surface area contributed by atoms with Crippen LogP contribution in [0.2, 0.25) is 0 Å². The smallest absolute Gasteiger partial charge is 0.343 e. The third-order valence-corrected chi connectivity index (χ3v) is 5.77. The van der Waals surface area contributed by atoms with Gasteiger partial charge in [0.25, 0.3) is 5.91 Å². The van der Waals surface area contributed by atoms with Gasteiger partial charge in [0.1, 0.15) is 6.54 Å². The molecular formula is C15H21ClF3N3O3S. The monoisotopic (exact) mass is 415 g/mol. The molecule has 1 aromatic rings. The lowest BCUT2D eigenvalue weighted by Crippen LogP contribution is -2.51. The lowest BCUT2D eigenvalue weighted by atomic mass is 10.0. The molecule has 1 saturated carbocycles. The van der Waals surface area contributed by atoms with E-state index in [1.807, 2.05) is 0 Å². The number of halogens is 4. The molecule has 1 aromatic carbocycles. The van der Waals surface area contributed by atoms with Crippen molar-refractivity contribution in [1.29, 1.82) is 0 Å². The normalized spacial score (nSPS) is 16.8. The van der Waals surface area contributed by atoms with E-state index in [1.165, 1.54) is 24.3 Å². The number of hydrogen-bond acceptors (Lipinski definition) is 4. The number of carbonyl (C=O) groups is 1. The van der Waals surface area contributed by atoms with E-state index in [0.29, 0.717) is 12.8 Å². The minimum atomic E-state index is -4.51. The molecule has 1 aliphatic rings. The van der Waals surface area contributed by atoms with Crippen LogP contribution in [0, 0.1) is 0 Å². The van der Waals surface area contributed by atoms with Crippen LogP contribution < -0.4 is 15.8 Å². The first kappa shape index (κ1) is 22.7. The molecule has 0 bridgehead atoms. The van der Waals surface area contributed by atoms with E-state index in [-0.39, 0.29) is 29.4 Å². The van der Waals surface area contributed by atoms with Crippen molar-refractivity contribution in [3.05, 3.63) is 29.8 Å². The highest BCUT2D eigenvalue weighted by atomic mass is 35.5. The Morgan fingerprint density at radius 2 is 1.69 bits per heavy atom. The van der Waals surface area contributed by atoms with Gasteiger partial charge in [0, 0.05) is 17.6 Å². The highest BCUT2D eigenvalue weighted by molar-refractivity contribution is 7.89. The average molecular weight is 416 g/mol. The first-order valence-electron chi connectivity index (χ1n) is 7.76. The molecular weight excluding hydrogens is 395 g/mol. The first-order valence-corrected chi connectivity index (χ1v) is 9.24. The van der Waals surface area contributed by atoms with Crippen molar-refractivity contribution in [2.75, 3.05) is 13.1 Å². The molecule has 148 valence electrons. The van der Waals surface area contributed by atoms with E-state index in [9.17, 15) is 26.4 Å². The molecule has 0 saturated heterocycles. The SMILES string of the molecule is Cl.NCC1(NS(=O)(=O)c2ccc(C(=O)NCC(F)(F)F)cc2)CCCC1. The largest absolute Gasteiger partial charge is 0.405 e. The summed E-state index contributed by atoms with van der Waals surface area (Å²) in [6.45, 7) is -1.27. The van der Waals surface area contributed by atoms with Crippen molar-refractivity contribution in [2.45, 2.75) is 42.3 Å². The summed E-state index contributed by atoms with van der Waals surface area (Å²) in [7, 11) is -3.83. The predicted octanol–water partition coefficient (Wildman–Crippen LogP) is 1.95. The molecule has 0 heterocycles. The van der Waals surface area contributed by atoms with Crippen LogP contribution in [0.15, 0.2) is 29.2 Å². The summed E-state index contributed by atoms with van der Waals surface area (Å²) in [5, 5.41) is 1.73. The van der Waals surface area contributed by atoms with Crippen LogP contribution in [0.4, 0.5) is 13.2 Å². The highest BCUT2D eigenvalue weighted by Crippen LogP contribution is 2.30. The third kappa shape index (κ3) is 5.83. The van der Waals surface area contributed by atoms with Gasteiger partial charge in [0.15, 0.2) is 0 Å². The lowest BCUT2D eigenvalue weighted by Gasteiger charge is -2.28. The summed E-state index contributed by atoms with van der Waals surface area (Å²) in [6.07, 6.45) is -1.43. The zero-order chi connectivity index (χ0) is 18.7. The maximum atomic E-state index is 12.5. The van der Waals surface area contributed by atoms with Crippen molar-refractivity contribution < 1.29 is 26.4 Å². The standard InChI is InChI=1S/C15H20F3N3O3S.ClH/c16-15(17,18)10-20-13(22)11-3-5-12(6-4-11)25(23,24)21-14(9-19)7-1-2-8-14;/h3-6,21H,1-2,7-10,19H2,(H,20,22);1H. The Morgan fingerprint density at radius 1 is 1.15 bits per heavy atom. The Kier molecular flexibility index (Phi) is 7.46. The molecule has 6 nitrogen and oxygen atoms in total. The Hall–Kier alpha value is -1.36. The fraction of sp³-hybridized carbons (Fsp3) is 0.533. The second kappa shape index (κ2) is 8.55. The van der Waals surface area contributed by atoms with Gasteiger partial charge < -0.3 is 11.1 Å². The van der Waals surface area contributed by atoms with Gasteiger partial charge >= 0.3 is 6.18 Å². The predicted molar refractivity (Wildman–Crippen MR) is 92.7 cm³/mol. The van der Waals surface area contributed by atoms with Crippen molar-refractivity contribution in [3.8, 4) is 0 Å². The number of amides is 1. The number of alkyl halides is 3. The molecule has 0 radical (unpaired) electrons. The van der Waals surface area contributed by atoms with E-state index < -0.39 is 34.2 Å². The molecule has 0 atom stereocenters. The molecule has 1 amide bonds. The number of rotatable bonds is 6. The summed E-state index contributed by atoms with van der Waals surface area (Å²) < 4.78 is 63.9. The Balaban J connectivity index is 0.00000338. The van der Waals surface area contributed by atoms with Gasteiger partial charge in [-0.15, -0.1) is 12.4 Å². The van der Waals surface area contributed by atoms with Gasteiger partial charge in [-0.3, -0.25) is 4.79 Å². The van der Waals surface area contributed by atoms with Gasteiger partial charge in [-0.25, -0.2) is 13.1 Å². The lowest BCUT2D eigenvalue weighted by molar-refractivity contribution is -0.123. The van der Waals surface area contributed by atoms with Crippen LogP contribution in [-0.4, -0.2) is 39.1 Å². The molecule has 0 aromatic heterocycles. The fourth-order valence-corrected chi connectivity index (χ4v) is 4.28. The quantitative estimate of drug-likeness (QED) is 0.661. The van der Waals surface area contributed by atoms with E-state index in [4.69, 9.17) is 5.73 Å². The average Bonchev–Trinajstić information content (AvgIpc) is 3.00.